The van der Waals surface area contributed by atoms with Gasteiger partial charge in [-0.15, -0.1) is 0 Å². The third-order valence-corrected chi connectivity index (χ3v) is 7.05. The van der Waals surface area contributed by atoms with E-state index >= 15 is 0 Å². The fraction of sp³-hybridized carbons (Fsp3) is 0.290. The highest BCUT2D eigenvalue weighted by Gasteiger charge is 2.36. The zero-order valence-electron chi connectivity index (χ0n) is 23.6. The molecule has 2 N–H and O–H groups in total. The quantitative estimate of drug-likeness (QED) is 0.306. The second-order valence-corrected chi connectivity index (χ2v) is 10.5. The lowest BCUT2D eigenvalue weighted by molar-refractivity contribution is -0.134. The van der Waals surface area contributed by atoms with Gasteiger partial charge in [-0.2, -0.15) is 0 Å². The van der Waals surface area contributed by atoms with Gasteiger partial charge < -0.3 is 20.3 Å². The van der Waals surface area contributed by atoms with Gasteiger partial charge in [0.25, 0.3) is 17.4 Å². The SMILES string of the molecule is COc1cccc(Cn2c(C(C(=O)N(C)C)N(CCCN)C(=O)c3ccc(C)cc3)nc3cc(Cl)ccc3c2=O)c1. The van der Waals surface area contributed by atoms with Crippen molar-refractivity contribution in [3.63, 3.8) is 0 Å². The van der Waals surface area contributed by atoms with Crippen LogP contribution in [-0.2, 0) is 11.3 Å². The van der Waals surface area contributed by atoms with Crippen LogP contribution in [0.4, 0.5) is 0 Å². The van der Waals surface area contributed by atoms with Crippen LogP contribution in [0.3, 0.4) is 0 Å². The van der Waals surface area contributed by atoms with Gasteiger partial charge in [-0.25, -0.2) is 4.98 Å². The highest BCUT2D eigenvalue weighted by atomic mass is 35.5. The number of aromatic nitrogens is 2. The molecule has 1 atom stereocenters. The number of nitrogens with zero attached hydrogens (tertiary/aromatic N) is 4. The maximum Gasteiger partial charge on any atom is 0.261 e. The van der Waals surface area contributed by atoms with Gasteiger partial charge in [0.2, 0.25) is 0 Å². The molecule has 0 bridgehead atoms. The third kappa shape index (κ3) is 6.58. The van der Waals surface area contributed by atoms with E-state index in [1.807, 2.05) is 37.3 Å². The van der Waals surface area contributed by atoms with Crippen LogP contribution in [0.5, 0.6) is 5.75 Å². The average Bonchev–Trinajstić information content (AvgIpc) is 2.96. The van der Waals surface area contributed by atoms with Gasteiger partial charge >= 0.3 is 0 Å². The summed E-state index contributed by atoms with van der Waals surface area (Å²) < 4.78 is 6.84. The van der Waals surface area contributed by atoms with Gasteiger partial charge in [0.05, 0.1) is 24.6 Å². The number of nitrogens with two attached hydrogens (primary N) is 1. The van der Waals surface area contributed by atoms with Crippen LogP contribution in [0.25, 0.3) is 10.9 Å². The first kappa shape index (κ1) is 29.8. The summed E-state index contributed by atoms with van der Waals surface area (Å²) >= 11 is 6.28. The Labute approximate surface area is 244 Å². The minimum Gasteiger partial charge on any atom is -0.497 e. The normalized spacial score (nSPS) is 11.8. The summed E-state index contributed by atoms with van der Waals surface area (Å²) in [5.41, 5.74) is 8.00. The maximum atomic E-state index is 14.0. The maximum absolute atomic E-state index is 14.0. The molecule has 4 aromatic rings. The molecule has 1 aromatic heterocycles. The molecular weight excluding hydrogens is 542 g/mol. The van der Waals surface area contributed by atoms with Crippen LogP contribution in [0, 0.1) is 6.92 Å². The minimum atomic E-state index is -1.22. The third-order valence-electron chi connectivity index (χ3n) is 6.82. The molecule has 10 heteroatoms. The van der Waals surface area contributed by atoms with Gasteiger partial charge in [-0.3, -0.25) is 19.0 Å². The van der Waals surface area contributed by atoms with Crippen molar-refractivity contribution in [2.75, 3.05) is 34.3 Å². The van der Waals surface area contributed by atoms with E-state index in [4.69, 9.17) is 27.1 Å². The number of halogens is 1. The van der Waals surface area contributed by atoms with E-state index in [0.717, 1.165) is 11.1 Å². The molecule has 0 spiro atoms. The van der Waals surface area contributed by atoms with Crippen LogP contribution in [0.1, 0.15) is 39.8 Å². The molecule has 0 aliphatic carbocycles. The molecule has 2 amide bonds. The number of hydrogen-bond donors (Lipinski definition) is 1. The number of carbonyl (C=O) groups excluding carboxylic acids is 2. The number of carbonyl (C=O) groups is 2. The Hall–Kier alpha value is -4.21. The number of rotatable bonds is 10. The van der Waals surface area contributed by atoms with Crippen LogP contribution >= 0.6 is 11.6 Å². The number of methoxy groups -OCH3 is 1. The molecule has 1 heterocycles. The minimum absolute atomic E-state index is 0.0948. The van der Waals surface area contributed by atoms with Crippen molar-refractivity contribution in [3.05, 3.63) is 105 Å². The molecule has 4 rings (SSSR count). The highest BCUT2D eigenvalue weighted by molar-refractivity contribution is 6.31. The molecule has 0 saturated heterocycles. The van der Waals surface area contributed by atoms with E-state index in [2.05, 4.69) is 0 Å². The summed E-state index contributed by atoms with van der Waals surface area (Å²) in [6.45, 7) is 2.51. The Bertz CT molecular complexity index is 1620. The Balaban J connectivity index is 1.99. The lowest BCUT2D eigenvalue weighted by Crippen LogP contribution is -2.47. The van der Waals surface area contributed by atoms with Crippen LogP contribution in [-0.4, -0.2) is 65.5 Å². The summed E-state index contributed by atoms with van der Waals surface area (Å²) in [5.74, 6) is -0.0244. The van der Waals surface area contributed by atoms with Gasteiger partial charge in [-0.1, -0.05) is 41.4 Å². The summed E-state index contributed by atoms with van der Waals surface area (Å²) in [6, 6.07) is 18.0. The predicted octanol–water partition coefficient (Wildman–Crippen LogP) is 4.04. The summed E-state index contributed by atoms with van der Waals surface area (Å²) in [6.07, 6.45) is 0.439. The Morgan fingerprint density at radius 1 is 1.07 bits per heavy atom. The van der Waals surface area contributed by atoms with Crippen molar-refractivity contribution in [1.29, 1.82) is 0 Å². The van der Waals surface area contributed by atoms with Crippen LogP contribution in [0.15, 0.2) is 71.5 Å². The molecule has 0 saturated carbocycles. The molecule has 0 fully saturated rings. The zero-order chi connectivity index (χ0) is 29.7. The topological polar surface area (TPSA) is 111 Å². The van der Waals surface area contributed by atoms with E-state index in [1.165, 1.54) is 14.4 Å². The van der Waals surface area contributed by atoms with E-state index in [0.29, 0.717) is 40.2 Å². The lowest BCUT2D eigenvalue weighted by Gasteiger charge is -2.33. The summed E-state index contributed by atoms with van der Waals surface area (Å²) in [4.78, 5) is 49.7. The van der Waals surface area contributed by atoms with Crippen LogP contribution in [0.2, 0.25) is 5.02 Å². The number of aryl methyl sites for hydroxylation is 1. The Morgan fingerprint density at radius 3 is 2.46 bits per heavy atom. The monoisotopic (exact) mass is 575 g/mol. The number of ether oxygens (including phenoxy) is 1. The van der Waals surface area contributed by atoms with Crippen molar-refractivity contribution >= 4 is 34.3 Å². The molecule has 0 aliphatic heterocycles. The lowest BCUT2D eigenvalue weighted by atomic mass is 10.1. The molecular formula is C31H34ClN5O4. The molecule has 1 unspecified atom stereocenters. The number of benzene rings is 3. The van der Waals surface area contributed by atoms with Gasteiger partial charge in [0, 0.05) is 31.2 Å². The van der Waals surface area contributed by atoms with Crippen molar-refractivity contribution in [1.82, 2.24) is 19.4 Å². The van der Waals surface area contributed by atoms with Crippen molar-refractivity contribution < 1.29 is 14.3 Å². The number of amides is 2. The zero-order valence-corrected chi connectivity index (χ0v) is 24.4. The highest BCUT2D eigenvalue weighted by Crippen LogP contribution is 2.27. The fourth-order valence-corrected chi connectivity index (χ4v) is 4.79. The molecule has 41 heavy (non-hydrogen) atoms. The Kier molecular flexibility index (Phi) is 9.42. The molecule has 9 nitrogen and oxygen atoms in total. The van der Waals surface area contributed by atoms with Gasteiger partial charge in [0.1, 0.15) is 11.6 Å². The first-order valence-electron chi connectivity index (χ1n) is 13.3. The second kappa shape index (κ2) is 13.0. The first-order chi connectivity index (χ1) is 19.6. The molecule has 0 aliphatic rings. The number of fused-ring (bicyclic) bond motifs is 1. The number of likely N-dealkylation sites (N-methyl/N-ethyl adjacent to an activating group) is 1. The van der Waals surface area contributed by atoms with Crippen molar-refractivity contribution in [2.24, 2.45) is 5.73 Å². The van der Waals surface area contributed by atoms with Crippen LogP contribution < -0.4 is 16.0 Å². The van der Waals surface area contributed by atoms with Gasteiger partial charge in [0.15, 0.2) is 6.04 Å². The van der Waals surface area contributed by atoms with E-state index < -0.39 is 11.9 Å². The summed E-state index contributed by atoms with van der Waals surface area (Å²) in [5, 5.41) is 0.738. The fourth-order valence-electron chi connectivity index (χ4n) is 4.63. The van der Waals surface area contributed by atoms with Crippen molar-refractivity contribution in [3.8, 4) is 5.75 Å². The van der Waals surface area contributed by atoms with E-state index in [1.54, 1.807) is 57.6 Å². The van der Waals surface area contributed by atoms with E-state index in [9.17, 15) is 14.4 Å². The first-order valence-corrected chi connectivity index (χ1v) is 13.6. The second-order valence-electron chi connectivity index (χ2n) is 10.0. The standard InChI is InChI=1S/C31H34ClN5O4/c1-20-9-11-22(12-10-20)29(38)36(16-6-15-33)27(31(40)35(2)3)28-34-26-18-23(32)13-14-25(26)30(39)37(28)19-21-7-5-8-24(17-21)41-4/h5,7-14,17-18,27H,6,15-16,19,33H2,1-4H3. The smallest absolute Gasteiger partial charge is 0.261 e. The average molecular weight is 576 g/mol. The molecule has 3 aromatic carbocycles. The van der Waals surface area contributed by atoms with Crippen molar-refractivity contribution in [2.45, 2.75) is 25.9 Å². The molecule has 214 valence electrons. The Morgan fingerprint density at radius 2 is 1.80 bits per heavy atom. The van der Waals surface area contributed by atoms with Gasteiger partial charge in [-0.05, 0) is 67.9 Å². The number of hydrogen-bond acceptors (Lipinski definition) is 6. The van der Waals surface area contributed by atoms with E-state index in [-0.39, 0.29) is 30.4 Å². The summed E-state index contributed by atoms with van der Waals surface area (Å²) in [7, 11) is 4.78. The predicted molar refractivity (Wildman–Crippen MR) is 160 cm³/mol. The largest absolute Gasteiger partial charge is 0.497 e. The molecule has 0 radical (unpaired) electrons.